The minimum atomic E-state index is -0.0860. The lowest BCUT2D eigenvalue weighted by atomic mass is 9.86. The van der Waals surface area contributed by atoms with Crippen LogP contribution in [0.5, 0.6) is 0 Å². The van der Waals surface area contributed by atoms with E-state index in [1.165, 1.54) is 0 Å². The van der Waals surface area contributed by atoms with Gasteiger partial charge in [0.25, 0.3) is 5.91 Å². The summed E-state index contributed by atoms with van der Waals surface area (Å²) in [5.74, 6) is 1.00. The van der Waals surface area contributed by atoms with Gasteiger partial charge in [0.15, 0.2) is 5.82 Å². The molecule has 1 amide bonds. The molecule has 0 unspecified atom stereocenters. The van der Waals surface area contributed by atoms with Crippen molar-refractivity contribution in [2.45, 2.75) is 38.6 Å². The normalized spacial score (nSPS) is 21.1. The molecule has 23 heavy (non-hydrogen) atoms. The lowest BCUT2D eigenvalue weighted by Crippen LogP contribution is -2.38. The van der Waals surface area contributed by atoms with Crippen LogP contribution in [0.3, 0.4) is 0 Å². The van der Waals surface area contributed by atoms with Gasteiger partial charge in [0.1, 0.15) is 0 Å². The summed E-state index contributed by atoms with van der Waals surface area (Å²) in [5, 5.41) is 16.6. The largest absolute Gasteiger partial charge is 0.396 e. The summed E-state index contributed by atoms with van der Waals surface area (Å²) in [4.78, 5) is 16.8. The first-order valence-corrected chi connectivity index (χ1v) is 8.06. The maximum atomic E-state index is 12.5. The van der Waals surface area contributed by atoms with Crippen molar-refractivity contribution in [1.82, 2.24) is 20.1 Å². The second-order valence-corrected chi connectivity index (χ2v) is 6.12. The topological polar surface area (TPSA) is 80.0 Å². The number of nitrogens with zero attached hydrogens (tertiary/aromatic N) is 3. The van der Waals surface area contributed by atoms with Gasteiger partial charge in [0, 0.05) is 18.8 Å². The third kappa shape index (κ3) is 3.42. The number of pyridine rings is 1. The highest BCUT2D eigenvalue weighted by molar-refractivity contribution is 5.95. The summed E-state index contributed by atoms with van der Waals surface area (Å²) in [6.07, 6.45) is 7.07. The first-order chi connectivity index (χ1) is 11.2. The molecule has 0 spiro atoms. The molecule has 1 aliphatic carbocycles. The summed E-state index contributed by atoms with van der Waals surface area (Å²) < 4.78 is 1.68. The first-order valence-electron chi connectivity index (χ1n) is 8.06. The van der Waals surface area contributed by atoms with Crippen molar-refractivity contribution in [2.24, 2.45) is 5.92 Å². The number of amides is 1. The molecule has 0 aromatic carbocycles. The van der Waals surface area contributed by atoms with Crippen LogP contribution in [-0.2, 0) is 0 Å². The number of carbonyl (C=O) groups excluding carboxylic acids is 1. The van der Waals surface area contributed by atoms with E-state index in [-0.39, 0.29) is 18.6 Å². The van der Waals surface area contributed by atoms with Gasteiger partial charge in [-0.15, -0.1) is 0 Å². The lowest BCUT2D eigenvalue weighted by molar-refractivity contribution is 0.0913. The summed E-state index contributed by atoms with van der Waals surface area (Å²) in [6, 6.07) is 5.78. The van der Waals surface area contributed by atoms with Crippen LogP contribution in [0.1, 0.15) is 41.7 Å². The average Bonchev–Trinajstić information content (AvgIpc) is 2.98. The Balaban J connectivity index is 1.68. The number of hydrogen-bond acceptors (Lipinski definition) is 4. The molecule has 2 aromatic rings. The zero-order chi connectivity index (χ0) is 16.2. The zero-order valence-corrected chi connectivity index (χ0v) is 13.3. The van der Waals surface area contributed by atoms with Crippen LogP contribution in [-0.4, -0.2) is 38.4 Å². The molecule has 6 heteroatoms. The van der Waals surface area contributed by atoms with Gasteiger partial charge in [-0.05, 0) is 50.7 Å². The second-order valence-electron chi connectivity index (χ2n) is 6.12. The van der Waals surface area contributed by atoms with E-state index >= 15 is 0 Å². The third-order valence-electron chi connectivity index (χ3n) is 4.56. The molecule has 122 valence electrons. The smallest absolute Gasteiger partial charge is 0.254 e. The van der Waals surface area contributed by atoms with Crippen LogP contribution in [0.2, 0.25) is 0 Å². The summed E-state index contributed by atoms with van der Waals surface area (Å²) in [6.45, 7) is 2.12. The van der Waals surface area contributed by atoms with Crippen molar-refractivity contribution < 1.29 is 9.90 Å². The Kier molecular flexibility index (Phi) is 4.71. The van der Waals surface area contributed by atoms with Gasteiger partial charge < -0.3 is 10.4 Å². The van der Waals surface area contributed by atoms with Gasteiger partial charge in [-0.2, -0.15) is 5.10 Å². The Morgan fingerprint density at radius 3 is 2.78 bits per heavy atom. The van der Waals surface area contributed by atoms with Gasteiger partial charge in [-0.1, -0.05) is 6.07 Å². The van der Waals surface area contributed by atoms with Gasteiger partial charge in [-0.3, -0.25) is 4.79 Å². The first kappa shape index (κ1) is 15.7. The Bertz CT molecular complexity index is 660. The van der Waals surface area contributed by atoms with E-state index in [0.29, 0.717) is 17.3 Å². The van der Waals surface area contributed by atoms with Crippen LogP contribution in [0.4, 0.5) is 0 Å². The van der Waals surface area contributed by atoms with Crippen molar-refractivity contribution >= 4 is 5.91 Å². The maximum Gasteiger partial charge on any atom is 0.254 e. The molecule has 1 aliphatic rings. The van der Waals surface area contributed by atoms with E-state index in [4.69, 9.17) is 0 Å². The van der Waals surface area contributed by atoms with Crippen LogP contribution in [0, 0.1) is 12.8 Å². The molecule has 0 atom stereocenters. The Hall–Kier alpha value is -2.21. The number of rotatable bonds is 4. The predicted octanol–water partition coefficient (Wildman–Crippen LogP) is 1.86. The van der Waals surface area contributed by atoms with E-state index in [1.807, 2.05) is 25.1 Å². The molecule has 2 aromatic heterocycles. The average molecular weight is 314 g/mol. The second kappa shape index (κ2) is 6.91. The molecule has 0 bridgehead atoms. The van der Waals surface area contributed by atoms with E-state index < -0.39 is 0 Å². The minimum absolute atomic E-state index is 0.0860. The van der Waals surface area contributed by atoms with Crippen molar-refractivity contribution in [2.75, 3.05) is 6.61 Å². The summed E-state index contributed by atoms with van der Waals surface area (Å²) in [7, 11) is 0. The predicted molar refractivity (Wildman–Crippen MR) is 86.4 cm³/mol. The lowest BCUT2D eigenvalue weighted by Gasteiger charge is -2.27. The standard InChI is InChI=1S/C17H22N4O2/c1-12-15(10-19-21(12)16-4-2-3-9-18-16)17(23)20-14-7-5-13(11-22)6-8-14/h2-4,9-10,13-14,22H,5-8,11H2,1H3,(H,20,23). The van der Waals surface area contributed by atoms with Crippen molar-refractivity contribution in [3.63, 3.8) is 0 Å². The number of carbonyl (C=O) groups is 1. The third-order valence-corrected chi connectivity index (χ3v) is 4.56. The zero-order valence-electron chi connectivity index (χ0n) is 13.3. The molecular weight excluding hydrogens is 292 g/mol. The number of aromatic nitrogens is 3. The van der Waals surface area contributed by atoms with E-state index in [2.05, 4.69) is 15.4 Å². The van der Waals surface area contributed by atoms with Gasteiger partial charge in [0.05, 0.1) is 17.5 Å². The van der Waals surface area contributed by atoms with Crippen LogP contribution < -0.4 is 5.32 Å². The fraction of sp³-hybridized carbons (Fsp3) is 0.471. The van der Waals surface area contributed by atoms with Crippen molar-refractivity contribution in [3.8, 4) is 5.82 Å². The molecule has 2 heterocycles. The van der Waals surface area contributed by atoms with Gasteiger partial charge in [-0.25, -0.2) is 9.67 Å². The highest BCUT2D eigenvalue weighted by Gasteiger charge is 2.24. The highest BCUT2D eigenvalue weighted by atomic mass is 16.3. The summed E-state index contributed by atoms with van der Waals surface area (Å²) in [5.41, 5.74) is 1.37. The quantitative estimate of drug-likeness (QED) is 0.902. The monoisotopic (exact) mass is 314 g/mol. The van der Waals surface area contributed by atoms with Crippen LogP contribution in [0.25, 0.3) is 5.82 Å². The van der Waals surface area contributed by atoms with Gasteiger partial charge >= 0.3 is 0 Å². The van der Waals surface area contributed by atoms with Gasteiger partial charge in [0.2, 0.25) is 0 Å². The molecule has 6 nitrogen and oxygen atoms in total. The number of aliphatic hydroxyl groups excluding tert-OH is 1. The van der Waals surface area contributed by atoms with E-state index in [1.54, 1.807) is 17.1 Å². The highest BCUT2D eigenvalue weighted by Crippen LogP contribution is 2.24. The Morgan fingerprint density at radius 1 is 1.35 bits per heavy atom. The Labute approximate surface area is 135 Å². The Morgan fingerprint density at radius 2 is 2.13 bits per heavy atom. The van der Waals surface area contributed by atoms with Crippen LogP contribution in [0.15, 0.2) is 30.6 Å². The fourth-order valence-corrected chi connectivity index (χ4v) is 3.10. The molecule has 1 fully saturated rings. The van der Waals surface area contributed by atoms with Crippen molar-refractivity contribution in [3.05, 3.63) is 41.9 Å². The molecule has 3 rings (SSSR count). The minimum Gasteiger partial charge on any atom is -0.396 e. The molecule has 0 aliphatic heterocycles. The van der Waals surface area contributed by atoms with E-state index in [0.717, 1.165) is 31.4 Å². The fourth-order valence-electron chi connectivity index (χ4n) is 3.10. The molecule has 1 saturated carbocycles. The number of hydrogen-bond donors (Lipinski definition) is 2. The molecule has 0 saturated heterocycles. The maximum absolute atomic E-state index is 12.5. The molecular formula is C17H22N4O2. The summed E-state index contributed by atoms with van der Waals surface area (Å²) >= 11 is 0. The van der Waals surface area contributed by atoms with Crippen LogP contribution >= 0.6 is 0 Å². The number of nitrogens with one attached hydrogen (secondary N) is 1. The van der Waals surface area contributed by atoms with E-state index in [9.17, 15) is 9.90 Å². The molecule has 0 radical (unpaired) electrons. The van der Waals surface area contributed by atoms with Crippen molar-refractivity contribution in [1.29, 1.82) is 0 Å². The molecule has 2 N–H and O–H groups in total. The SMILES string of the molecule is Cc1c(C(=O)NC2CCC(CO)CC2)cnn1-c1ccccn1. The number of aliphatic hydroxyl groups is 1.